The van der Waals surface area contributed by atoms with Crippen LogP contribution in [0.5, 0.6) is 0 Å². The fourth-order valence-corrected chi connectivity index (χ4v) is 7.24. The van der Waals surface area contributed by atoms with Gasteiger partial charge in [-0.25, -0.2) is 22.7 Å². The van der Waals surface area contributed by atoms with Crippen molar-refractivity contribution in [1.29, 1.82) is 0 Å². The molecule has 0 saturated heterocycles. The molecule has 12 heteroatoms. The summed E-state index contributed by atoms with van der Waals surface area (Å²) in [5.41, 5.74) is 9.17. The molecule has 4 aromatic rings. The number of anilines is 1. The van der Waals surface area contributed by atoms with Crippen molar-refractivity contribution in [1.82, 2.24) is 4.72 Å². The smallest absolute Gasteiger partial charge is 0.338 e. The molecule has 0 amide bonds. The van der Waals surface area contributed by atoms with Crippen LogP contribution in [0.3, 0.4) is 0 Å². The first-order valence-electron chi connectivity index (χ1n) is 12.3. The highest BCUT2D eigenvalue weighted by Crippen LogP contribution is 2.36. The minimum Gasteiger partial charge on any atom is -0.465 e. The molecule has 0 fully saturated rings. The van der Waals surface area contributed by atoms with Crippen LogP contribution in [0.4, 0.5) is 5.69 Å². The Labute approximate surface area is 247 Å². The van der Waals surface area contributed by atoms with Gasteiger partial charge in [0.2, 0.25) is 10.0 Å². The summed E-state index contributed by atoms with van der Waals surface area (Å²) in [6.45, 7) is 4.17. The summed E-state index contributed by atoms with van der Waals surface area (Å²) in [6.07, 6.45) is 0. The van der Waals surface area contributed by atoms with Crippen LogP contribution in [0.2, 0.25) is 0 Å². The van der Waals surface area contributed by atoms with Crippen LogP contribution >= 0.6 is 22.7 Å². The number of hydrogen-bond acceptors (Lipinski definition) is 10. The van der Waals surface area contributed by atoms with Gasteiger partial charge < -0.3 is 19.9 Å². The van der Waals surface area contributed by atoms with Crippen molar-refractivity contribution in [2.45, 2.75) is 18.7 Å². The summed E-state index contributed by atoms with van der Waals surface area (Å²) in [5.74, 6) is -0.743. The molecule has 0 unspecified atom stereocenters. The monoisotopic (exact) mass is 616 g/mol. The number of rotatable bonds is 9. The van der Waals surface area contributed by atoms with E-state index >= 15 is 0 Å². The zero-order chi connectivity index (χ0) is 30.2. The highest BCUT2D eigenvalue weighted by molar-refractivity contribution is 7.89. The molecule has 0 spiro atoms. The Morgan fingerprint density at radius 3 is 1.80 bits per heavy atom. The van der Waals surface area contributed by atoms with Gasteiger partial charge in [0.25, 0.3) is 0 Å². The Balaban J connectivity index is 0.000000239. The Morgan fingerprint density at radius 1 is 0.805 bits per heavy atom. The summed E-state index contributed by atoms with van der Waals surface area (Å²) in [6, 6.07) is 17.8. The zero-order valence-corrected chi connectivity index (χ0v) is 25.8. The van der Waals surface area contributed by atoms with Gasteiger partial charge in [-0.15, -0.1) is 22.7 Å². The second-order valence-electron chi connectivity index (χ2n) is 8.62. The van der Waals surface area contributed by atoms with Gasteiger partial charge in [-0.1, -0.05) is 36.4 Å². The molecule has 0 aliphatic carbocycles. The van der Waals surface area contributed by atoms with Crippen LogP contribution in [0.15, 0.2) is 65.6 Å². The number of para-hydroxylation sites is 1. The quantitative estimate of drug-likeness (QED) is 0.143. The minimum absolute atomic E-state index is 0.166. The Bertz CT molecular complexity index is 1620. The largest absolute Gasteiger partial charge is 0.465 e. The maximum atomic E-state index is 12.5. The van der Waals surface area contributed by atoms with Gasteiger partial charge in [0, 0.05) is 50.0 Å². The maximum Gasteiger partial charge on any atom is 0.338 e. The lowest BCUT2D eigenvalue weighted by atomic mass is 10.1. The third kappa shape index (κ3) is 7.80. The van der Waals surface area contributed by atoms with Crippen LogP contribution in [-0.2, 0) is 24.2 Å². The van der Waals surface area contributed by atoms with Crippen molar-refractivity contribution >= 4 is 50.3 Å². The number of carbonyl (C=O) groups is 2. The number of sulfonamides is 1. The second-order valence-corrected chi connectivity index (χ2v) is 12.9. The first-order chi connectivity index (χ1) is 19.5. The van der Waals surface area contributed by atoms with E-state index in [1.54, 1.807) is 42.5 Å². The van der Waals surface area contributed by atoms with Crippen molar-refractivity contribution < 1.29 is 32.2 Å². The first kappa shape index (κ1) is 32.0. The van der Waals surface area contributed by atoms with E-state index in [-0.39, 0.29) is 24.0 Å². The normalized spacial score (nSPS) is 11.0. The number of esters is 2. The van der Waals surface area contributed by atoms with E-state index in [0.717, 1.165) is 20.2 Å². The number of ether oxygens (including phenoxy) is 3. The Hall–Kier alpha value is -3.55. The SMILES string of the molecule is COC(=O)c1cc(-c2ccccc2N)sc1C.COCCNS(=O)(=O)c1ccccc1-c1cc(C(=O)OC)c(C)s1. The van der Waals surface area contributed by atoms with Crippen molar-refractivity contribution in [3.63, 3.8) is 0 Å². The van der Waals surface area contributed by atoms with Crippen molar-refractivity contribution in [2.75, 3.05) is 40.2 Å². The van der Waals surface area contributed by atoms with Gasteiger partial charge in [0.05, 0.1) is 36.8 Å². The average molecular weight is 617 g/mol. The van der Waals surface area contributed by atoms with Gasteiger partial charge >= 0.3 is 11.9 Å². The van der Waals surface area contributed by atoms with Crippen LogP contribution in [0, 0.1) is 13.8 Å². The highest BCUT2D eigenvalue weighted by atomic mass is 32.2. The van der Waals surface area contributed by atoms with Gasteiger partial charge in [-0.2, -0.15) is 0 Å². The number of hydrogen-bond donors (Lipinski definition) is 2. The number of nitrogens with one attached hydrogen (secondary N) is 1. The number of carbonyl (C=O) groups excluding carboxylic acids is 2. The van der Waals surface area contributed by atoms with E-state index < -0.39 is 16.0 Å². The Morgan fingerprint density at radius 2 is 1.29 bits per heavy atom. The predicted octanol–water partition coefficient (Wildman–Crippen LogP) is 5.53. The molecule has 0 atom stereocenters. The van der Waals surface area contributed by atoms with E-state index in [9.17, 15) is 18.0 Å². The molecule has 41 heavy (non-hydrogen) atoms. The lowest BCUT2D eigenvalue weighted by Gasteiger charge is -2.10. The zero-order valence-electron chi connectivity index (χ0n) is 23.3. The van der Waals surface area contributed by atoms with Gasteiger partial charge in [-0.05, 0) is 38.1 Å². The summed E-state index contributed by atoms with van der Waals surface area (Å²) < 4.78 is 41.9. The van der Waals surface area contributed by atoms with Gasteiger partial charge in [-0.3, -0.25) is 0 Å². The molecule has 0 aliphatic rings. The fraction of sp³-hybridized carbons (Fsp3) is 0.241. The molecule has 9 nitrogen and oxygen atoms in total. The van der Waals surface area contributed by atoms with Crippen LogP contribution < -0.4 is 10.5 Å². The molecule has 2 aromatic carbocycles. The molecule has 0 radical (unpaired) electrons. The molecule has 4 rings (SSSR count). The number of methoxy groups -OCH3 is 3. The summed E-state index contributed by atoms with van der Waals surface area (Å²) in [5, 5.41) is 0. The van der Waals surface area contributed by atoms with E-state index in [0.29, 0.717) is 27.3 Å². The lowest BCUT2D eigenvalue weighted by molar-refractivity contribution is 0.0591. The Kier molecular flexibility index (Phi) is 11.2. The molecule has 0 aliphatic heterocycles. The minimum atomic E-state index is -3.68. The van der Waals surface area contributed by atoms with E-state index in [4.69, 9.17) is 19.9 Å². The molecular formula is C29H32N2O7S3. The maximum absolute atomic E-state index is 12.5. The molecule has 0 bridgehead atoms. The molecular weight excluding hydrogens is 585 g/mol. The van der Waals surface area contributed by atoms with Crippen molar-refractivity contribution in [3.8, 4) is 20.9 Å². The molecule has 3 N–H and O–H groups in total. The standard InChI is InChI=1S/C16H19NO5S2.C13H13NO2S/c1-11-13(16(18)22-3)10-14(23-11)12-6-4-5-7-15(12)24(19,20)17-8-9-21-2;1-8-10(13(15)16-2)7-12(17-8)9-5-3-4-6-11(9)14/h4-7,10,17H,8-9H2,1-3H3;3-7H,14H2,1-2H3. The van der Waals surface area contributed by atoms with E-state index in [1.165, 1.54) is 38.7 Å². The summed E-state index contributed by atoms with van der Waals surface area (Å²) >= 11 is 2.90. The number of thiophene rings is 2. The number of benzene rings is 2. The highest BCUT2D eigenvalue weighted by Gasteiger charge is 2.22. The van der Waals surface area contributed by atoms with Gasteiger partial charge in [0.15, 0.2) is 0 Å². The predicted molar refractivity (Wildman–Crippen MR) is 163 cm³/mol. The molecule has 2 heterocycles. The van der Waals surface area contributed by atoms with Crippen LogP contribution in [0.25, 0.3) is 20.9 Å². The van der Waals surface area contributed by atoms with Gasteiger partial charge in [0.1, 0.15) is 0 Å². The third-order valence-electron chi connectivity index (χ3n) is 5.91. The second kappa shape index (κ2) is 14.4. The summed E-state index contributed by atoms with van der Waals surface area (Å²) in [4.78, 5) is 26.9. The first-order valence-corrected chi connectivity index (χ1v) is 15.5. The third-order valence-corrected chi connectivity index (χ3v) is 9.60. The molecule has 0 saturated carbocycles. The van der Waals surface area contributed by atoms with Crippen LogP contribution in [0.1, 0.15) is 30.5 Å². The topological polar surface area (TPSA) is 134 Å². The van der Waals surface area contributed by atoms with Crippen molar-refractivity contribution in [3.05, 3.63) is 81.5 Å². The van der Waals surface area contributed by atoms with E-state index in [1.807, 2.05) is 37.3 Å². The summed E-state index contributed by atoms with van der Waals surface area (Å²) in [7, 11) is 0.526. The van der Waals surface area contributed by atoms with E-state index in [2.05, 4.69) is 4.72 Å². The fourth-order valence-electron chi connectivity index (χ4n) is 3.84. The van der Waals surface area contributed by atoms with Crippen molar-refractivity contribution in [2.24, 2.45) is 0 Å². The number of aryl methyl sites for hydroxylation is 2. The average Bonchev–Trinajstić information content (AvgIpc) is 3.55. The van der Waals surface area contributed by atoms with Crippen LogP contribution in [-0.4, -0.2) is 54.8 Å². The molecule has 218 valence electrons. The number of nitrogen functional groups attached to an aromatic ring is 1. The lowest BCUT2D eigenvalue weighted by Crippen LogP contribution is -2.27. The molecule has 2 aromatic heterocycles. The number of nitrogens with two attached hydrogens (primary N) is 1.